The van der Waals surface area contributed by atoms with Gasteiger partial charge in [0.2, 0.25) is 0 Å². The lowest BCUT2D eigenvalue weighted by Crippen LogP contribution is -2.28. The monoisotopic (exact) mass is 263 g/mol. The summed E-state index contributed by atoms with van der Waals surface area (Å²) in [5.41, 5.74) is 2.55. The largest absolute Gasteiger partial charge is 0.496 e. The molecule has 0 heterocycles. The molecule has 1 atom stereocenters. The van der Waals surface area contributed by atoms with Gasteiger partial charge >= 0.3 is 0 Å². The topological polar surface area (TPSA) is 21.3 Å². The predicted octanol–water partition coefficient (Wildman–Crippen LogP) is 4.45. The molecule has 0 saturated heterocycles. The highest BCUT2D eigenvalue weighted by molar-refractivity contribution is 5.36. The molecule has 0 aliphatic carbocycles. The van der Waals surface area contributed by atoms with Crippen LogP contribution in [0.2, 0.25) is 0 Å². The molecule has 1 N–H and O–H groups in total. The number of ether oxygens (including phenoxy) is 1. The standard InChI is InChI=1S/C17H29NO/c1-5-7-9-16(8-6-2)18-13-15-12-14(3)10-11-17(15)19-4/h10-12,16,18H,5-9,13H2,1-4H3. The highest BCUT2D eigenvalue weighted by Gasteiger charge is 2.09. The van der Waals surface area contributed by atoms with Crippen molar-refractivity contribution in [2.45, 2.75) is 65.5 Å². The molecule has 19 heavy (non-hydrogen) atoms. The third-order valence-electron chi connectivity index (χ3n) is 3.56. The summed E-state index contributed by atoms with van der Waals surface area (Å²) in [7, 11) is 1.74. The van der Waals surface area contributed by atoms with Gasteiger partial charge in [-0.2, -0.15) is 0 Å². The average Bonchev–Trinajstić information content (AvgIpc) is 2.42. The van der Waals surface area contributed by atoms with E-state index in [1.54, 1.807) is 7.11 Å². The molecule has 1 unspecified atom stereocenters. The first kappa shape index (κ1) is 16.0. The van der Waals surface area contributed by atoms with E-state index < -0.39 is 0 Å². The smallest absolute Gasteiger partial charge is 0.123 e. The molecule has 0 saturated carbocycles. The summed E-state index contributed by atoms with van der Waals surface area (Å²) >= 11 is 0. The van der Waals surface area contributed by atoms with Crippen LogP contribution in [0.15, 0.2) is 18.2 Å². The summed E-state index contributed by atoms with van der Waals surface area (Å²) in [4.78, 5) is 0. The van der Waals surface area contributed by atoms with Crippen molar-refractivity contribution in [3.05, 3.63) is 29.3 Å². The lowest BCUT2D eigenvalue weighted by Gasteiger charge is -2.19. The van der Waals surface area contributed by atoms with Crippen LogP contribution < -0.4 is 10.1 Å². The molecule has 1 aromatic rings. The van der Waals surface area contributed by atoms with E-state index in [-0.39, 0.29) is 0 Å². The lowest BCUT2D eigenvalue weighted by atomic mass is 10.0. The van der Waals surface area contributed by atoms with E-state index in [1.807, 2.05) is 0 Å². The second-order valence-electron chi connectivity index (χ2n) is 5.32. The van der Waals surface area contributed by atoms with Crippen LogP contribution in [0.5, 0.6) is 5.75 Å². The summed E-state index contributed by atoms with van der Waals surface area (Å²) in [5.74, 6) is 0.990. The van der Waals surface area contributed by atoms with Gasteiger partial charge in [-0.1, -0.05) is 50.8 Å². The second kappa shape index (κ2) is 8.98. The quantitative estimate of drug-likeness (QED) is 0.710. The van der Waals surface area contributed by atoms with Crippen molar-refractivity contribution in [3.8, 4) is 5.75 Å². The van der Waals surface area contributed by atoms with Crippen molar-refractivity contribution in [2.24, 2.45) is 0 Å². The Hall–Kier alpha value is -1.02. The van der Waals surface area contributed by atoms with Gasteiger partial charge in [0.05, 0.1) is 7.11 Å². The Balaban J connectivity index is 2.59. The molecule has 0 spiro atoms. The number of aryl methyl sites for hydroxylation is 1. The number of nitrogens with one attached hydrogen (secondary N) is 1. The van der Waals surface area contributed by atoms with E-state index in [0.717, 1.165) is 12.3 Å². The third kappa shape index (κ3) is 5.65. The first-order valence-corrected chi connectivity index (χ1v) is 7.58. The Labute approximate surface area is 118 Å². The molecule has 1 rings (SSSR count). The van der Waals surface area contributed by atoms with Gasteiger partial charge in [-0.05, 0) is 25.8 Å². The Bertz CT molecular complexity index is 362. The van der Waals surface area contributed by atoms with Gasteiger partial charge in [-0.3, -0.25) is 0 Å². The van der Waals surface area contributed by atoms with Gasteiger partial charge in [0.25, 0.3) is 0 Å². The van der Waals surface area contributed by atoms with Gasteiger partial charge < -0.3 is 10.1 Å². The van der Waals surface area contributed by atoms with E-state index in [2.05, 4.69) is 44.3 Å². The van der Waals surface area contributed by atoms with E-state index >= 15 is 0 Å². The Kier molecular flexibility index (Phi) is 7.57. The van der Waals surface area contributed by atoms with Crippen molar-refractivity contribution >= 4 is 0 Å². The minimum atomic E-state index is 0.634. The first-order valence-electron chi connectivity index (χ1n) is 7.58. The zero-order valence-corrected chi connectivity index (χ0v) is 13.0. The second-order valence-corrected chi connectivity index (χ2v) is 5.32. The van der Waals surface area contributed by atoms with Crippen LogP contribution >= 0.6 is 0 Å². The van der Waals surface area contributed by atoms with E-state index in [0.29, 0.717) is 6.04 Å². The minimum absolute atomic E-state index is 0.634. The Morgan fingerprint density at radius 3 is 2.58 bits per heavy atom. The third-order valence-corrected chi connectivity index (χ3v) is 3.56. The van der Waals surface area contributed by atoms with E-state index in [1.165, 1.54) is 43.2 Å². The van der Waals surface area contributed by atoms with Gasteiger partial charge in [0.1, 0.15) is 5.75 Å². The normalized spacial score (nSPS) is 12.4. The van der Waals surface area contributed by atoms with Crippen molar-refractivity contribution in [1.82, 2.24) is 5.32 Å². The molecule has 2 heteroatoms. The highest BCUT2D eigenvalue weighted by Crippen LogP contribution is 2.20. The van der Waals surface area contributed by atoms with Crippen molar-refractivity contribution in [3.63, 3.8) is 0 Å². The molecule has 108 valence electrons. The maximum absolute atomic E-state index is 5.43. The molecule has 0 radical (unpaired) electrons. The summed E-state index contributed by atoms with van der Waals surface area (Å²) in [6, 6.07) is 7.01. The SMILES string of the molecule is CCCCC(CCC)NCc1cc(C)ccc1OC. The van der Waals surface area contributed by atoms with Gasteiger partial charge in [0, 0.05) is 18.2 Å². The lowest BCUT2D eigenvalue weighted by molar-refractivity contribution is 0.397. The molecule has 2 nitrogen and oxygen atoms in total. The number of unbranched alkanes of at least 4 members (excludes halogenated alkanes) is 1. The van der Waals surface area contributed by atoms with Crippen molar-refractivity contribution in [1.29, 1.82) is 0 Å². The maximum Gasteiger partial charge on any atom is 0.123 e. The van der Waals surface area contributed by atoms with Crippen LogP contribution in [-0.2, 0) is 6.54 Å². The number of rotatable bonds is 9. The predicted molar refractivity (Wildman–Crippen MR) is 82.8 cm³/mol. The molecular weight excluding hydrogens is 234 g/mol. The van der Waals surface area contributed by atoms with Gasteiger partial charge in [0.15, 0.2) is 0 Å². The first-order chi connectivity index (χ1) is 9.21. The van der Waals surface area contributed by atoms with E-state index in [9.17, 15) is 0 Å². The van der Waals surface area contributed by atoms with Crippen LogP contribution in [0.4, 0.5) is 0 Å². The number of benzene rings is 1. The fourth-order valence-electron chi connectivity index (χ4n) is 2.45. The number of hydrogen-bond donors (Lipinski definition) is 1. The minimum Gasteiger partial charge on any atom is -0.496 e. The number of hydrogen-bond acceptors (Lipinski definition) is 2. The molecular formula is C17H29NO. The summed E-state index contributed by atoms with van der Waals surface area (Å²) in [6.07, 6.45) is 6.36. The molecule has 0 bridgehead atoms. The summed E-state index contributed by atoms with van der Waals surface area (Å²) in [5, 5.41) is 3.69. The van der Waals surface area contributed by atoms with Gasteiger partial charge in [-0.15, -0.1) is 0 Å². The molecule has 0 aliphatic heterocycles. The van der Waals surface area contributed by atoms with E-state index in [4.69, 9.17) is 4.74 Å². The fourth-order valence-corrected chi connectivity index (χ4v) is 2.45. The molecule has 0 fully saturated rings. The fraction of sp³-hybridized carbons (Fsp3) is 0.647. The van der Waals surface area contributed by atoms with Crippen LogP contribution in [0.25, 0.3) is 0 Å². The van der Waals surface area contributed by atoms with Crippen LogP contribution in [0, 0.1) is 6.92 Å². The number of methoxy groups -OCH3 is 1. The molecule has 1 aromatic carbocycles. The van der Waals surface area contributed by atoms with Crippen molar-refractivity contribution < 1.29 is 4.74 Å². The Morgan fingerprint density at radius 1 is 1.16 bits per heavy atom. The zero-order chi connectivity index (χ0) is 14.1. The van der Waals surface area contributed by atoms with Gasteiger partial charge in [-0.25, -0.2) is 0 Å². The van der Waals surface area contributed by atoms with Crippen molar-refractivity contribution in [2.75, 3.05) is 7.11 Å². The van der Waals surface area contributed by atoms with Crippen LogP contribution in [-0.4, -0.2) is 13.2 Å². The summed E-state index contributed by atoms with van der Waals surface area (Å²) in [6.45, 7) is 7.54. The zero-order valence-electron chi connectivity index (χ0n) is 13.0. The molecule has 0 amide bonds. The molecule has 0 aromatic heterocycles. The van der Waals surface area contributed by atoms with Crippen LogP contribution in [0.3, 0.4) is 0 Å². The Morgan fingerprint density at radius 2 is 1.95 bits per heavy atom. The molecule has 0 aliphatic rings. The average molecular weight is 263 g/mol. The maximum atomic E-state index is 5.43. The highest BCUT2D eigenvalue weighted by atomic mass is 16.5. The van der Waals surface area contributed by atoms with Crippen LogP contribution in [0.1, 0.15) is 57.1 Å². The summed E-state index contributed by atoms with van der Waals surface area (Å²) < 4.78 is 5.43.